The first kappa shape index (κ1) is 18.9. The predicted octanol–water partition coefficient (Wildman–Crippen LogP) is 2.49. The van der Waals surface area contributed by atoms with E-state index in [1.165, 1.54) is 0 Å². The summed E-state index contributed by atoms with van der Waals surface area (Å²) >= 11 is 0. The van der Waals surface area contributed by atoms with Crippen molar-refractivity contribution in [1.29, 1.82) is 0 Å². The number of fused-ring (bicyclic) bond motifs is 1. The van der Waals surface area contributed by atoms with Crippen LogP contribution in [0.2, 0.25) is 0 Å². The molecular formula is C22H27N3O3. The summed E-state index contributed by atoms with van der Waals surface area (Å²) in [5, 5.41) is 5.22. The van der Waals surface area contributed by atoms with E-state index in [0.29, 0.717) is 32.8 Å². The van der Waals surface area contributed by atoms with Gasteiger partial charge >= 0.3 is 0 Å². The van der Waals surface area contributed by atoms with E-state index in [1.807, 2.05) is 54.3 Å². The minimum atomic E-state index is -0.265. The predicted molar refractivity (Wildman–Crippen MR) is 109 cm³/mol. The van der Waals surface area contributed by atoms with Gasteiger partial charge in [-0.15, -0.1) is 0 Å². The molecule has 2 aliphatic heterocycles. The number of ether oxygens (including phenoxy) is 1. The van der Waals surface area contributed by atoms with Gasteiger partial charge in [-0.25, -0.2) is 0 Å². The molecule has 0 aliphatic carbocycles. The molecule has 2 fully saturated rings. The number of piperazine rings is 1. The lowest BCUT2D eigenvalue weighted by Crippen LogP contribution is -2.55. The number of anilines is 1. The Kier molecular flexibility index (Phi) is 5.59. The highest BCUT2D eigenvalue weighted by molar-refractivity contribution is 6.03. The Balaban J connectivity index is 1.35. The summed E-state index contributed by atoms with van der Waals surface area (Å²) in [6.07, 6.45) is 1.52. The van der Waals surface area contributed by atoms with Crippen molar-refractivity contribution < 1.29 is 14.3 Å². The third-order valence-corrected chi connectivity index (χ3v) is 5.81. The summed E-state index contributed by atoms with van der Waals surface area (Å²) in [6.45, 7) is 5.29. The van der Waals surface area contributed by atoms with Crippen LogP contribution in [-0.2, 0) is 14.3 Å². The summed E-state index contributed by atoms with van der Waals surface area (Å²) < 4.78 is 5.51. The number of carbonyl (C=O) groups excluding carboxylic acids is 2. The van der Waals surface area contributed by atoms with E-state index in [-0.39, 0.29) is 24.0 Å². The smallest absolute Gasteiger partial charge is 0.251 e. The van der Waals surface area contributed by atoms with Gasteiger partial charge in [0.2, 0.25) is 5.91 Å². The highest BCUT2D eigenvalue weighted by Gasteiger charge is 2.32. The zero-order valence-electron chi connectivity index (χ0n) is 16.3. The molecule has 2 heterocycles. The minimum absolute atomic E-state index is 0.0183. The highest BCUT2D eigenvalue weighted by atomic mass is 16.5. The molecule has 148 valence electrons. The minimum Gasteiger partial charge on any atom is -0.368 e. The van der Waals surface area contributed by atoms with Gasteiger partial charge in [-0.1, -0.05) is 36.4 Å². The Bertz CT molecular complexity index is 850. The van der Waals surface area contributed by atoms with Crippen molar-refractivity contribution in [3.8, 4) is 0 Å². The van der Waals surface area contributed by atoms with Crippen molar-refractivity contribution in [2.45, 2.75) is 31.9 Å². The van der Waals surface area contributed by atoms with Crippen LogP contribution in [-0.4, -0.2) is 66.5 Å². The molecule has 0 saturated carbocycles. The number of hydrogen-bond donors (Lipinski definition) is 1. The van der Waals surface area contributed by atoms with Gasteiger partial charge < -0.3 is 15.0 Å². The van der Waals surface area contributed by atoms with E-state index < -0.39 is 0 Å². The van der Waals surface area contributed by atoms with Gasteiger partial charge in [0.15, 0.2) is 0 Å². The van der Waals surface area contributed by atoms with Gasteiger partial charge in [0.05, 0.1) is 6.04 Å². The van der Waals surface area contributed by atoms with Crippen molar-refractivity contribution in [2.24, 2.45) is 0 Å². The molecule has 0 radical (unpaired) electrons. The van der Waals surface area contributed by atoms with Crippen molar-refractivity contribution in [3.63, 3.8) is 0 Å². The largest absolute Gasteiger partial charge is 0.368 e. The first-order valence-corrected chi connectivity index (χ1v) is 10.1. The lowest BCUT2D eigenvalue weighted by atomic mass is 10.1. The number of benzene rings is 2. The van der Waals surface area contributed by atoms with Gasteiger partial charge in [0.1, 0.15) is 6.10 Å². The molecule has 0 bridgehead atoms. The third kappa shape index (κ3) is 3.88. The third-order valence-electron chi connectivity index (χ3n) is 5.81. The lowest BCUT2D eigenvalue weighted by molar-refractivity contribution is -0.143. The second-order valence-corrected chi connectivity index (χ2v) is 7.55. The van der Waals surface area contributed by atoms with Gasteiger partial charge in [-0.2, -0.15) is 0 Å². The number of nitrogens with zero attached hydrogens (tertiary/aromatic N) is 2. The van der Waals surface area contributed by atoms with Crippen LogP contribution < -0.4 is 5.32 Å². The maximum absolute atomic E-state index is 12.8. The van der Waals surface area contributed by atoms with E-state index in [1.54, 1.807) is 0 Å². The van der Waals surface area contributed by atoms with Gasteiger partial charge in [0, 0.05) is 43.9 Å². The lowest BCUT2D eigenvalue weighted by Gasteiger charge is -2.38. The molecule has 6 nitrogen and oxygen atoms in total. The summed E-state index contributed by atoms with van der Waals surface area (Å²) in [5.41, 5.74) is 0.835. The summed E-state index contributed by atoms with van der Waals surface area (Å²) in [6, 6.07) is 13.7. The molecule has 2 aromatic rings. The first-order valence-electron chi connectivity index (χ1n) is 10.1. The van der Waals surface area contributed by atoms with Crippen LogP contribution in [0.5, 0.6) is 0 Å². The fourth-order valence-electron chi connectivity index (χ4n) is 4.04. The fourth-order valence-corrected chi connectivity index (χ4v) is 4.04. The van der Waals surface area contributed by atoms with Crippen LogP contribution >= 0.6 is 0 Å². The van der Waals surface area contributed by atoms with E-state index >= 15 is 0 Å². The maximum Gasteiger partial charge on any atom is 0.251 e. The Morgan fingerprint density at radius 3 is 2.57 bits per heavy atom. The molecule has 2 saturated heterocycles. The van der Waals surface area contributed by atoms with Gasteiger partial charge in [-0.3, -0.25) is 14.5 Å². The molecule has 2 unspecified atom stereocenters. The number of rotatable bonds is 4. The highest BCUT2D eigenvalue weighted by Crippen LogP contribution is 2.23. The molecule has 28 heavy (non-hydrogen) atoms. The number of nitrogens with one attached hydrogen (secondary N) is 1. The normalized spacial score (nSPS) is 21.6. The van der Waals surface area contributed by atoms with Crippen LogP contribution in [0, 0.1) is 0 Å². The van der Waals surface area contributed by atoms with Gasteiger partial charge in [0.25, 0.3) is 5.91 Å². The Hall–Kier alpha value is -2.44. The van der Waals surface area contributed by atoms with E-state index in [2.05, 4.69) is 10.2 Å². The molecule has 2 aliphatic rings. The van der Waals surface area contributed by atoms with Crippen LogP contribution in [0.4, 0.5) is 5.69 Å². The number of amides is 2. The zero-order chi connectivity index (χ0) is 19.5. The summed E-state index contributed by atoms with van der Waals surface area (Å²) in [7, 11) is 0. The molecule has 2 amide bonds. The Morgan fingerprint density at radius 2 is 1.82 bits per heavy atom. The molecule has 4 rings (SSSR count). The molecule has 0 spiro atoms. The average molecular weight is 381 g/mol. The standard InChI is InChI=1S/C22H27N3O3/c1-16(21(26)23-19-9-4-7-17-6-2-3-8-18(17)19)24-11-13-25(14-12-24)22(27)20-10-5-15-28-20/h2-4,6-9,16,20H,5,10-15H2,1H3,(H,23,26). The van der Waals surface area contributed by atoms with Crippen LogP contribution in [0.3, 0.4) is 0 Å². The Morgan fingerprint density at radius 1 is 1.07 bits per heavy atom. The zero-order valence-corrected chi connectivity index (χ0v) is 16.3. The second-order valence-electron chi connectivity index (χ2n) is 7.55. The van der Waals surface area contributed by atoms with Crippen molar-refractivity contribution in [1.82, 2.24) is 9.80 Å². The molecular weight excluding hydrogens is 354 g/mol. The maximum atomic E-state index is 12.8. The van der Waals surface area contributed by atoms with E-state index in [9.17, 15) is 9.59 Å². The molecule has 0 aromatic heterocycles. The molecule has 6 heteroatoms. The second kappa shape index (κ2) is 8.29. The fraction of sp³-hybridized carbons (Fsp3) is 0.455. The topological polar surface area (TPSA) is 61.9 Å². The van der Waals surface area contributed by atoms with Crippen molar-refractivity contribution in [2.75, 3.05) is 38.1 Å². The SMILES string of the molecule is CC(C(=O)Nc1cccc2ccccc12)N1CCN(C(=O)C2CCCO2)CC1. The Labute approximate surface area is 165 Å². The quantitative estimate of drug-likeness (QED) is 0.884. The number of hydrogen-bond acceptors (Lipinski definition) is 4. The van der Waals surface area contributed by atoms with E-state index in [4.69, 9.17) is 4.74 Å². The van der Waals surface area contributed by atoms with Crippen LogP contribution in [0.25, 0.3) is 10.8 Å². The summed E-state index contributed by atoms with van der Waals surface area (Å²) in [4.78, 5) is 29.3. The van der Waals surface area contributed by atoms with Crippen molar-refractivity contribution >= 4 is 28.3 Å². The van der Waals surface area contributed by atoms with Crippen LogP contribution in [0.1, 0.15) is 19.8 Å². The average Bonchev–Trinajstić information content (AvgIpc) is 3.28. The molecule has 2 aromatic carbocycles. The van der Waals surface area contributed by atoms with E-state index in [0.717, 1.165) is 29.3 Å². The first-order chi connectivity index (χ1) is 13.6. The summed E-state index contributed by atoms with van der Waals surface area (Å²) in [5.74, 6) is 0.0836. The van der Waals surface area contributed by atoms with Crippen LogP contribution in [0.15, 0.2) is 42.5 Å². The number of carbonyl (C=O) groups is 2. The van der Waals surface area contributed by atoms with Crippen molar-refractivity contribution in [3.05, 3.63) is 42.5 Å². The van der Waals surface area contributed by atoms with Gasteiger partial charge in [-0.05, 0) is 31.2 Å². The monoisotopic (exact) mass is 381 g/mol. The molecule has 2 atom stereocenters. The molecule has 1 N–H and O–H groups in total.